The van der Waals surface area contributed by atoms with Gasteiger partial charge in [0, 0.05) is 11.0 Å². The van der Waals surface area contributed by atoms with Gasteiger partial charge in [-0.05, 0) is 37.1 Å². The summed E-state index contributed by atoms with van der Waals surface area (Å²) >= 11 is 3.38. The lowest BCUT2D eigenvalue weighted by atomic mass is 10.2. The van der Waals surface area contributed by atoms with Crippen LogP contribution in [-0.4, -0.2) is 31.1 Å². The summed E-state index contributed by atoms with van der Waals surface area (Å²) in [4.78, 5) is 13.6. The predicted molar refractivity (Wildman–Crippen MR) is 79.8 cm³/mol. The van der Waals surface area contributed by atoms with Crippen molar-refractivity contribution in [3.8, 4) is 5.75 Å². The van der Waals surface area contributed by atoms with Crippen LogP contribution in [0.3, 0.4) is 0 Å². The van der Waals surface area contributed by atoms with Crippen LogP contribution in [0.25, 0.3) is 0 Å². The van der Waals surface area contributed by atoms with Crippen molar-refractivity contribution < 1.29 is 13.9 Å². The minimum Gasteiger partial charge on any atom is -0.495 e. The highest BCUT2D eigenvalue weighted by Gasteiger charge is 2.20. The van der Waals surface area contributed by atoms with Gasteiger partial charge in [-0.15, -0.1) is 0 Å². The van der Waals surface area contributed by atoms with E-state index in [0.717, 1.165) is 10.0 Å². The van der Waals surface area contributed by atoms with Crippen molar-refractivity contribution in [2.45, 2.75) is 13.3 Å². The number of halogens is 2. The molecule has 0 aromatic heterocycles. The molecule has 2 amide bonds. The average molecular weight is 343 g/mol. The molecule has 1 heterocycles. The number of urea groups is 1. The van der Waals surface area contributed by atoms with Gasteiger partial charge in [0.15, 0.2) is 0 Å². The number of nitrogens with one attached hydrogen (secondary N) is 1. The van der Waals surface area contributed by atoms with E-state index in [2.05, 4.69) is 21.2 Å². The molecule has 0 aliphatic carbocycles. The van der Waals surface area contributed by atoms with E-state index in [0.29, 0.717) is 24.4 Å². The van der Waals surface area contributed by atoms with Gasteiger partial charge in [0.25, 0.3) is 0 Å². The highest BCUT2D eigenvalue weighted by molar-refractivity contribution is 9.10. The fourth-order valence-corrected chi connectivity index (χ4v) is 2.65. The normalized spacial score (nSPS) is 14.8. The molecule has 0 radical (unpaired) electrons. The number of methoxy groups -OCH3 is 1. The summed E-state index contributed by atoms with van der Waals surface area (Å²) in [6, 6.07) is 3.34. The molecule has 6 heteroatoms. The number of aryl methyl sites for hydroxylation is 1. The van der Waals surface area contributed by atoms with Crippen LogP contribution in [0.2, 0.25) is 0 Å². The third-order valence-corrected chi connectivity index (χ3v) is 3.57. The summed E-state index contributed by atoms with van der Waals surface area (Å²) in [7, 11) is 1.54. The quantitative estimate of drug-likeness (QED) is 0.886. The maximum Gasteiger partial charge on any atom is 0.322 e. The average Bonchev–Trinajstić information content (AvgIpc) is 2.41. The van der Waals surface area contributed by atoms with Gasteiger partial charge in [-0.2, -0.15) is 0 Å². The topological polar surface area (TPSA) is 41.6 Å². The van der Waals surface area contributed by atoms with Crippen molar-refractivity contribution >= 4 is 27.6 Å². The summed E-state index contributed by atoms with van der Waals surface area (Å²) < 4.78 is 19.4. The molecule has 0 saturated carbocycles. The Bertz CT molecular complexity index is 560. The molecule has 0 saturated heterocycles. The molecule has 0 fully saturated rings. The number of anilines is 1. The minimum atomic E-state index is -0.322. The highest BCUT2D eigenvalue weighted by Crippen LogP contribution is 2.32. The van der Waals surface area contributed by atoms with Crippen molar-refractivity contribution in [3.63, 3.8) is 0 Å². The summed E-state index contributed by atoms with van der Waals surface area (Å²) in [6.07, 6.45) is 2.05. The van der Waals surface area contributed by atoms with E-state index >= 15 is 0 Å². The zero-order valence-corrected chi connectivity index (χ0v) is 13.0. The first-order chi connectivity index (χ1) is 9.51. The first-order valence-corrected chi connectivity index (χ1v) is 7.05. The Morgan fingerprint density at radius 1 is 1.50 bits per heavy atom. The molecule has 108 valence electrons. The van der Waals surface area contributed by atoms with Crippen molar-refractivity contribution in [3.05, 3.63) is 34.1 Å². The monoisotopic (exact) mass is 342 g/mol. The van der Waals surface area contributed by atoms with Crippen molar-refractivity contribution in [1.29, 1.82) is 0 Å². The molecule has 1 aromatic rings. The molecule has 1 aliphatic rings. The maximum atomic E-state index is 13.2. The number of ether oxygens (including phenoxy) is 1. The van der Waals surface area contributed by atoms with E-state index in [1.54, 1.807) is 13.2 Å². The number of carbonyl (C=O) groups is 1. The Kier molecular flexibility index (Phi) is 4.65. The zero-order valence-electron chi connectivity index (χ0n) is 11.4. The van der Waals surface area contributed by atoms with Crippen molar-refractivity contribution in [2.75, 3.05) is 25.5 Å². The van der Waals surface area contributed by atoms with E-state index < -0.39 is 0 Å². The lowest BCUT2D eigenvalue weighted by Gasteiger charge is -2.25. The van der Waals surface area contributed by atoms with Crippen molar-refractivity contribution in [2.24, 2.45) is 0 Å². The molecule has 0 spiro atoms. The first-order valence-electron chi connectivity index (χ1n) is 6.26. The third-order valence-electron chi connectivity index (χ3n) is 3.11. The summed E-state index contributed by atoms with van der Waals surface area (Å²) in [6.45, 7) is 2.40. The molecular formula is C14H16BrFN2O2. The van der Waals surface area contributed by atoms with Crippen LogP contribution in [0.4, 0.5) is 14.9 Å². The molecule has 1 N–H and O–H groups in total. The Balaban J connectivity index is 2.17. The van der Waals surface area contributed by atoms with E-state index in [1.165, 1.54) is 11.0 Å². The van der Waals surface area contributed by atoms with Gasteiger partial charge >= 0.3 is 6.03 Å². The lowest BCUT2D eigenvalue weighted by molar-refractivity contribution is 0.210. The van der Waals surface area contributed by atoms with Gasteiger partial charge < -0.3 is 15.0 Å². The van der Waals surface area contributed by atoms with Crippen LogP contribution in [-0.2, 0) is 0 Å². The SMILES string of the molecule is COc1cc(Br)cc(C)c1NC(=O)N1CCC=C(F)C1. The van der Waals surface area contributed by atoms with E-state index in [1.807, 2.05) is 13.0 Å². The smallest absolute Gasteiger partial charge is 0.322 e. The number of carbonyl (C=O) groups excluding carboxylic acids is 1. The van der Waals surface area contributed by atoms with Crippen LogP contribution in [0.1, 0.15) is 12.0 Å². The largest absolute Gasteiger partial charge is 0.495 e. The molecular weight excluding hydrogens is 327 g/mol. The van der Waals surface area contributed by atoms with Gasteiger partial charge in [0.1, 0.15) is 11.6 Å². The molecule has 0 atom stereocenters. The Labute approximate surface area is 125 Å². The Morgan fingerprint density at radius 3 is 2.90 bits per heavy atom. The summed E-state index contributed by atoms with van der Waals surface area (Å²) in [5, 5.41) is 2.79. The molecule has 1 aromatic carbocycles. The third kappa shape index (κ3) is 3.30. The maximum absolute atomic E-state index is 13.2. The molecule has 4 nitrogen and oxygen atoms in total. The molecule has 0 bridgehead atoms. The van der Waals surface area contributed by atoms with E-state index in [4.69, 9.17) is 4.74 Å². The number of rotatable bonds is 2. The first kappa shape index (κ1) is 14.8. The second-order valence-corrected chi connectivity index (χ2v) is 5.51. The number of hydrogen-bond acceptors (Lipinski definition) is 2. The van der Waals surface area contributed by atoms with E-state index in [-0.39, 0.29) is 18.4 Å². The van der Waals surface area contributed by atoms with Crippen LogP contribution in [0, 0.1) is 6.92 Å². The van der Waals surface area contributed by atoms with Crippen LogP contribution < -0.4 is 10.1 Å². The summed E-state index contributed by atoms with van der Waals surface area (Å²) in [5.74, 6) is 0.296. The molecule has 2 rings (SSSR count). The predicted octanol–water partition coefficient (Wildman–Crippen LogP) is 3.86. The molecule has 0 unspecified atom stereocenters. The number of hydrogen-bond donors (Lipinski definition) is 1. The van der Waals surface area contributed by atoms with Crippen LogP contribution in [0.15, 0.2) is 28.5 Å². The number of amides is 2. The molecule has 20 heavy (non-hydrogen) atoms. The van der Waals surface area contributed by atoms with Crippen molar-refractivity contribution in [1.82, 2.24) is 4.90 Å². The number of nitrogens with zero attached hydrogens (tertiary/aromatic N) is 1. The second-order valence-electron chi connectivity index (χ2n) is 4.59. The Morgan fingerprint density at radius 2 is 2.25 bits per heavy atom. The number of benzene rings is 1. The lowest BCUT2D eigenvalue weighted by Crippen LogP contribution is -2.38. The van der Waals surface area contributed by atoms with Crippen LogP contribution >= 0.6 is 15.9 Å². The van der Waals surface area contributed by atoms with Crippen LogP contribution in [0.5, 0.6) is 5.75 Å². The van der Waals surface area contributed by atoms with Gasteiger partial charge in [0.05, 0.1) is 19.3 Å². The minimum absolute atomic E-state index is 0.0176. The van der Waals surface area contributed by atoms with E-state index in [9.17, 15) is 9.18 Å². The molecule has 1 aliphatic heterocycles. The standard InChI is InChI=1S/C14H16BrFN2O2/c1-9-6-10(15)7-12(20-2)13(9)17-14(19)18-5-3-4-11(16)8-18/h4,6-7H,3,5,8H2,1-2H3,(H,17,19). The zero-order chi connectivity index (χ0) is 14.7. The fraction of sp³-hybridized carbons (Fsp3) is 0.357. The summed E-state index contributed by atoms with van der Waals surface area (Å²) in [5.41, 5.74) is 1.48. The Hall–Kier alpha value is -1.56. The van der Waals surface area contributed by atoms with Gasteiger partial charge in [-0.3, -0.25) is 0 Å². The van der Waals surface area contributed by atoms with Gasteiger partial charge in [0.2, 0.25) is 0 Å². The second kappa shape index (κ2) is 6.26. The van der Waals surface area contributed by atoms with Gasteiger partial charge in [-0.25, -0.2) is 9.18 Å². The highest BCUT2D eigenvalue weighted by atomic mass is 79.9. The fourth-order valence-electron chi connectivity index (χ4n) is 2.10. The van der Waals surface area contributed by atoms with Gasteiger partial charge in [-0.1, -0.05) is 15.9 Å².